The van der Waals surface area contributed by atoms with Crippen molar-refractivity contribution in [2.75, 3.05) is 0 Å². The molecule has 20 heavy (non-hydrogen) atoms. The van der Waals surface area contributed by atoms with Crippen molar-refractivity contribution in [2.45, 2.75) is 25.2 Å². The predicted molar refractivity (Wildman–Crippen MR) is 77.9 cm³/mol. The minimum Gasteiger partial charge on any atom is -0.293 e. The number of ketones is 1. The van der Waals surface area contributed by atoms with Crippen LogP contribution in [0.15, 0.2) is 42.5 Å². The highest BCUT2D eigenvalue weighted by atomic mass is 35.5. The lowest BCUT2D eigenvalue weighted by atomic mass is 9.79. The van der Waals surface area contributed by atoms with Crippen molar-refractivity contribution in [3.05, 3.63) is 70.0 Å². The summed E-state index contributed by atoms with van der Waals surface area (Å²) in [6.07, 6.45) is 2.70. The molecule has 0 saturated carbocycles. The van der Waals surface area contributed by atoms with Gasteiger partial charge >= 0.3 is 0 Å². The molecule has 1 aliphatic carbocycles. The molecule has 0 saturated heterocycles. The summed E-state index contributed by atoms with van der Waals surface area (Å²) < 4.78 is 14.0. The summed E-state index contributed by atoms with van der Waals surface area (Å²) in [5.41, 5.74) is 2.32. The molecule has 0 aromatic heterocycles. The molecule has 1 aliphatic rings. The van der Waals surface area contributed by atoms with E-state index < -0.39 is 5.82 Å². The molecule has 2 aromatic rings. The molecule has 1 atom stereocenters. The van der Waals surface area contributed by atoms with E-state index in [4.69, 9.17) is 11.6 Å². The van der Waals surface area contributed by atoms with Crippen molar-refractivity contribution in [3.63, 3.8) is 0 Å². The number of hydrogen-bond acceptors (Lipinski definition) is 1. The maximum atomic E-state index is 14.0. The van der Waals surface area contributed by atoms with Gasteiger partial charge in [0.1, 0.15) is 0 Å². The van der Waals surface area contributed by atoms with E-state index in [1.54, 1.807) is 6.07 Å². The molecule has 0 bridgehead atoms. The zero-order valence-electron chi connectivity index (χ0n) is 10.9. The zero-order chi connectivity index (χ0) is 14.1. The Morgan fingerprint density at radius 1 is 1.15 bits per heavy atom. The first-order valence-electron chi connectivity index (χ1n) is 6.74. The van der Waals surface area contributed by atoms with Gasteiger partial charge in [-0.3, -0.25) is 4.79 Å². The first kappa shape index (κ1) is 13.3. The van der Waals surface area contributed by atoms with Crippen molar-refractivity contribution in [1.29, 1.82) is 0 Å². The number of fused-ring (bicyclic) bond motifs is 1. The Morgan fingerprint density at radius 2 is 1.95 bits per heavy atom. The molecular weight excluding hydrogens is 275 g/mol. The van der Waals surface area contributed by atoms with E-state index in [-0.39, 0.29) is 22.3 Å². The normalized spacial score (nSPS) is 17.6. The highest BCUT2D eigenvalue weighted by Crippen LogP contribution is 2.35. The second kappa shape index (κ2) is 5.37. The quantitative estimate of drug-likeness (QED) is 0.727. The number of benzene rings is 2. The summed E-state index contributed by atoms with van der Waals surface area (Å²) >= 11 is 5.77. The Hall–Kier alpha value is -1.67. The van der Waals surface area contributed by atoms with Crippen LogP contribution in [0.25, 0.3) is 0 Å². The van der Waals surface area contributed by atoms with Crippen LogP contribution in [0.5, 0.6) is 0 Å². The predicted octanol–water partition coefficient (Wildman–Crippen LogP) is 4.78. The molecule has 1 nitrogen and oxygen atoms in total. The van der Waals surface area contributed by atoms with Gasteiger partial charge in [0.25, 0.3) is 0 Å². The average Bonchev–Trinajstić information content (AvgIpc) is 2.49. The van der Waals surface area contributed by atoms with Crippen molar-refractivity contribution < 1.29 is 9.18 Å². The van der Waals surface area contributed by atoms with E-state index in [1.165, 1.54) is 17.7 Å². The van der Waals surface area contributed by atoms with Gasteiger partial charge in [-0.2, -0.15) is 0 Å². The summed E-state index contributed by atoms with van der Waals surface area (Å²) in [4.78, 5) is 12.6. The second-order valence-electron chi connectivity index (χ2n) is 5.11. The van der Waals surface area contributed by atoms with Gasteiger partial charge in [0.05, 0.1) is 10.6 Å². The number of carbonyl (C=O) groups excluding carboxylic acids is 1. The fraction of sp³-hybridized carbons (Fsp3) is 0.235. The van der Waals surface area contributed by atoms with Gasteiger partial charge in [0.15, 0.2) is 11.6 Å². The third kappa shape index (κ3) is 2.25. The average molecular weight is 289 g/mol. The summed E-state index contributed by atoms with van der Waals surface area (Å²) in [6.45, 7) is 0. The zero-order valence-corrected chi connectivity index (χ0v) is 11.7. The smallest absolute Gasteiger partial charge is 0.173 e. The molecule has 1 unspecified atom stereocenters. The van der Waals surface area contributed by atoms with Crippen molar-refractivity contribution in [3.8, 4) is 0 Å². The minimum atomic E-state index is -0.609. The van der Waals surface area contributed by atoms with E-state index in [0.29, 0.717) is 0 Å². The first-order valence-corrected chi connectivity index (χ1v) is 7.12. The Balaban J connectivity index is 2.02. The second-order valence-corrected chi connectivity index (χ2v) is 5.52. The van der Waals surface area contributed by atoms with Gasteiger partial charge in [-0.25, -0.2) is 4.39 Å². The van der Waals surface area contributed by atoms with E-state index in [1.807, 2.05) is 24.3 Å². The lowest BCUT2D eigenvalue weighted by molar-refractivity contribution is 0.0947. The Morgan fingerprint density at radius 3 is 2.80 bits per heavy atom. The number of Topliss-reactive ketones (excluding diaryl/α,β-unsaturated/α-hetero) is 1. The molecule has 102 valence electrons. The van der Waals surface area contributed by atoms with Gasteiger partial charge in [-0.1, -0.05) is 41.9 Å². The largest absolute Gasteiger partial charge is 0.293 e. The van der Waals surface area contributed by atoms with Gasteiger partial charge in [0, 0.05) is 5.92 Å². The molecule has 3 heteroatoms. The van der Waals surface area contributed by atoms with Crippen molar-refractivity contribution in [1.82, 2.24) is 0 Å². The van der Waals surface area contributed by atoms with Crippen molar-refractivity contribution >= 4 is 17.4 Å². The fourth-order valence-electron chi connectivity index (χ4n) is 2.91. The molecule has 0 aliphatic heterocycles. The van der Waals surface area contributed by atoms with Gasteiger partial charge in [0.2, 0.25) is 0 Å². The van der Waals surface area contributed by atoms with Crippen LogP contribution in [-0.4, -0.2) is 5.78 Å². The van der Waals surface area contributed by atoms with E-state index in [2.05, 4.69) is 0 Å². The number of aryl methyl sites for hydroxylation is 1. The fourth-order valence-corrected chi connectivity index (χ4v) is 3.08. The third-order valence-electron chi connectivity index (χ3n) is 3.90. The van der Waals surface area contributed by atoms with Crippen LogP contribution < -0.4 is 0 Å². The molecule has 0 heterocycles. The lowest BCUT2D eigenvalue weighted by Crippen LogP contribution is -2.19. The highest BCUT2D eigenvalue weighted by Gasteiger charge is 2.28. The number of carbonyl (C=O) groups is 1. The molecule has 0 radical (unpaired) electrons. The Bertz CT molecular complexity index is 666. The SMILES string of the molecule is O=C(c1cccc(Cl)c1F)C1CCCc2ccccc21. The van der Waals surface area contributed by atoms with Crippen LogP contribution in [-0.2, 0) is 6.42 Å². The summed E-state index contributed by atoms with van der Waals surface area (Å²) in [6, 6.07) is 12.5. The van der Waals surface area contributed by atoms with Crippen LogP contribution in [0.1, 0.15) is 40.2 Å². The first-order chi connectivity index (χ1) is 9.68. The molecule has 2 aromatic carbocycles. The lowest BCUT2D eigenvalue weighted by Gasteiger charge is -2.24. The third-order valence-corrected chi connectivity index (χ3v) is 4.19. The topological polar surface area (TPSA) is 17.1 Å². The van der Waals surface area contributed by atoms with Gasteiger partial charge in [-0.05, 0) is 42.5 Å². The summed E-state index contributed by atoms with van der Waals surface area (Å²) in [5, 5.41) is -0.0000513. The maximum Gasteiger partial charge on any atom is 0.173 e. The molecule has 0 spiro atoms. The Labute approximate surface area is 122 Å². The van der Waals surface area contributed by atoms with Crippen LogP contribution in [0, 0.1) is 5.82 Å². The van der Waals surface area contributed by atoms with Crippen LogP contribution in [0.2, 0.25) is 5.02 Å². The van der Waals surface area contributed by atoms with E-state index in [9.17, 15) is 9.18 Å². The molecule has 0 N–H and O–H groups in total. The van der Waals surface area contributed by atoms with Crippen molar-refractivity contribution in [2.24, 2.45) is 0 Å². The standard InChI is InChI=1S/C17H14ClFO/c18-15-10-4-9-14(16(15)19)17(20)13-8-3-6-11-5-1-2-7-12(11)13/h1-2,4-5,7,9-10,13H,3,6,8H2. The maximum absolute atomic E-state index is 14.0. The summed E-state index contributed by atoms with van der Waals surface area (Å²) in [5.74, 6) is -1.03. The highest BCUT2D eigenvalue weighted by molar-refractivity contribution is 6.31. The number of halogens is 2. The number of rotatable bonds is 2. The number of hydrogen-bond donors (Lipinski definition) is 0. The molecule has 0 amide bonds. The van der Waals surface area contributed by atoms with Gasteiger partial charge in [-0.15, -0.1) is 0 Å². The molecule has 3 rings (SSSR count). The Kier molecular flexibility index (Phi) is 3.58. The van der Waals surface area contributed by atoms with Crippen LogP contribution in [0.3, 0.4) is 0 Å². The molecular formula is C17H14ClFO. The molecule has 0 fully saturated rings. The van der Waals surface area contributed by atoms with E-state index >= 15 is 0 Å². The van der Waals surface area contributed by atoms with E-state index in [0.717, 1.165) is 24.8 Å². The summed E-state index contributed by atoms with van der Waals surface area (Å²) in [7, 11) is 0. The monoisotopic (exact) mass is 288 g/mol. The van der Waals surface area contributed by atoms with Crippen LogP contribution in [0.4, 0.5) is 4.39 Å². The van der Waals surface area contributed by atoms with Crippen LogP contribution >= 0.6 is 11.6 Å². The van der Waals surface area contributed by atoms with Gasteiger partial charge < -0.3 is 0 Å². The minimum absolute atomic E-state index is 0.0000513.